The normalized spacial score (nSPS) is 10.7. The van der Waals surface area contributed by atoms with Crippen LogP contribution in [0.4, 0.5) is 5.69 Å². The van der Waals surface area contributed by atoms with Crippen molar-refractivity contribution in [2.24, 2.45) is 7.05 Å². The van der Waals surface area contributed by atoms with Crippen molar-refractivity contribution in [1.82, 2.24) is 19.6 Å². The monoisotopic (exact) mass is 437 g/mol. The van der Waals surface area contributed by atoms with Crippen molar-refractivity contribution in [3.05, 3.63) is 63.1 Å². The van der Waals surface area contributed by atoms with Crippen LogP contribution in [0.15, 0.2) is 51.8 Å². The molecule has 0 unspecified atom stereocenters. The Labute approximate surface area is 149 Å². The number of benzene rings is 1. The first-order valence-electron chi connectivity index (χ1n) is 6.78. The maximum atomic E-state index is 12.4. The topological polar surface area (TPSA) is 64.7 Å². The second-order valence-electron chi connectivity index (χ2n) is 4.98. The Bertz CT molecular complexity index is 836. The van der Waals surface area contributed by atoms with Crippen LogP contribution in [0.2, 0.25) is 0 Å². The quantitative estimate of drug-likeness (QED) is 0.678. The summed E-state index contributed by atoms with van der Waals surface area (Å²) in [4.78, 5) is 12.4. The van der Waals surface area contributed by atoms with Crippen LogP contribution in [0.3, 0.4) is 0 Å². The highest BCUT2D eigenvalue weighted by Gasteiger charge is 2.15. The molecule has 0 radical (unpaired) electrons. The van der Waals surface area contributed by atoms with Crippen molar-refractivity contribution >= 4 is 43.5 Å². The van der Waals surface area contributed by atoms with E-state index >= 15 is 0 Å². The fourth-order valence-corrected chi connectivity index (χ4v) is 3.07. The van der Waals surface area contributed by atoms with E-state index in [0.717, 1.165) is 15.7 Å². The Morgan fingerprint density at radius 2 is 2.09 bits per heavy atom. The minimum atomic E-state index is -0.212. The summed E-state index contributed by atoms with van der Waals surface area (Å²) in [5.41, 5.74) is 2.25. The van der Waals surface area contributed by atoms with Crippen LogP contribution < -0.4 is 5.32 Å². The summed E-state index contributed by atoms with van der Waals surface area (Å²) in [6, 6.07) is 7.68. The highest BCUT2D eigenvalue weighted by Crippen LogP contribution is 2.18. The Morgan fingerprint density at radius 1 is 1.26 bits per heavy atom. The van der Waals surface area contributed by atoms with Crippen molar-refractivity contribution in [3.63, 3.8) is 0 Å². The summed E-state index contributed by atoms with van der Waals surface area (Å²) >= 11 is 6.71. The molecule has 0 aliphatic heterocycles. The highest BCUT2D eigenvalue weighted by atomic mass is 79.9. The zero-order chi connectivity index (χ0) is 16.4. The maximum Gasteiger partial charge on any atom is 0.275 e. The number of carbonyl (C=O) groups is 1. The lowest BCUT2D eigenvalue weighted by Crippen LogP contribution is -2.16. The number of rotatable bonds is 4. The van der Waals surface area contributed by atoms with Crippen LogP contribution in [0, 0.1) is 0 Å². The number of nitrogens with one attached hydrogen (secondary N) is 1. The average Bonchev–Trinajstić information content (AvgIpc) is 3.05. The van der Waals surface area contributed by atoms with E-state index < -0.39 is 0 Å². The van der Waals surface area contributed by atoms with Crippen molar-refractivity contribution < 1.29 is 4.79 Å². The molecule has 0 aliphatic rings. The molecule has 2 heterocycles. The molecule has 3 rings (SSSR count). The summed E-state index contributed by atoms with van der Waals surface area (Å²) in [7, 11) is 1.73. The molecule has 118 valence electrons. The van der Waals surface area contributed by atoms with Gasteiger partial charge in [0, 0.05) is 18.9 Å². The minimum absolute atomic E-state index is 0.212. The summed E-state index contributed by atoms with van der Waals surface area (Å²) in [6.07, 6.45) is 5.24. The van der Waals surface area contributed by atoms with Crippen LogP contribution in [0.1, 0.15) is 16.1 Å². The summed E-state index contributed by atoms with van der Waals surface area (Å²) in [5.74, 6) is -0.212. The van der Waals surface area contributed by atoms with E-state index in [2.05, 4.69) is 47.4 Å². The molecule has 0 saturated carbocycles. The number of carbonyl (C=O) groups excluding carboxylic acids is 1. The van der Waals surface area contributed by atoms with Gasteiger partial charge in [0.25, 0.3) is 5.91 Å². The van der Waals surface area contributed by atoms with Gasteiger partial charge in [-0.15, -0.1) is 0 Å². The van der Waals surface area contributed by atoms with E-state index in [4.69, 9.17) is 0 Å². The zero-order valence-electron chi connectivity index (χ0n) is 12.2. The fourth-order valence-electron chi connectivity index (χ4n) is 2.22. The van der Waals surface area contributed by atoms with Gasteiger partial charge in [-0.1, -0.05) is 12.1 Å². The first-order valence-corrected chi connectivity index (χ1v) is 8.37. The van der Waals surface area contributed by atoms with Crippen molar-refractivity contribution in [1.29, 1.82) is 0 Å². The number of hydrogen-bond acceptors (Lipinski definition) is 3. The second kappa shape index (κ2) is 6.67. The van der Waals surface area contributed by atoms with Gasteiger partial charge in [0.2, 0.25) is 0 Å². The van der Waals surface area contributed by atoms with Gasteiger partial charge in [0.15, 0.2) is 0 Å². The van der Waals surface area contributed by atoms with Gasteiger partial charge in [0.05, 0.1) is 27.9 Å². The van der Waals surface area contributed by atoms with Gasteiger partial charge < -0.3 is 5.32 Å². The van der Waals surface area contributed by atoms with Crippen molar-refractivity contribution in [2.45, 2.75) is 6.54 Å². The Hall–Kier alpha value is -1.93. The van der Waals surface area contributed by atoms with Crippen LogP contribution in [0.5, 0.6) is 0 Å². The van der Waals surface area contributed by atoms with Gasteiger partial charge in [-0.05, 0) is 49.6 Å². The molecule has 0 bridgehead atoms. The molecule has 23 heavy (non-hydrogen) atoms. The van der Waals surface area contributed by atoms with Crippen molar-refractivity contribution in [3.8, 4) is 0 Å². The number of halogens is 2. The van der Waals surface area contributed by atoms with E-state index in [9.17, 15) is 4.79 Å². The van der Waals surface area contributed by atoms with E-state index in [1.807, 2.05) is 35.1 Å². The molecule has 6 nitrogen and oxygen atoms in total. The van der Waals surface area contributed by atoms with E-state index in [1.54, 1.807) is 19.4 Å². The van der Waals surface area contributed by atoms with Crippen LogP contribution in [-0.2, 0) is 13.6 Å². The number of aryl methyl sites for hydroxylation is 1. The molecule has 1 aromatic carbocycles. The molecule has 8 heteroatoms. The lowest BCUT2D eigenvalue weighted by molar-refractivity contribution is 0.101. The number of nitrogens with zero attached hydrogens (tertiary/aromatic N) is 4. The lowest BCUT2D eigenvalue weighted by Gasteiger charge is -2.08. The average molecular weight is 439 g/mol. The first-order chi connectivity index (χ1) is 11.0. The molecule has 0 aliphatic carbocycles. The number of aromatic nitrogens is 4. The van der Waals surface area contributed by atoms with Crippen LogP contribution >= 0.6 is 31.9 Å². The van der Waals surface area contributed by atoms with E-state index in [1.165, 1.54) is 4.68 Å². The van der Waals surface area contributed by atoms with E-state index in [0.29, 0.717) is 16.7 Å². The Morgan fingerprint density at radius 3 is 2.74 bits per heavy atom. The third kappa shape index (κ3) is 3.70. The third-order valence-corrected chi connectivity index (χ3v) is 4.23. The molecule has 0 fully saturated rings. The standard InChI is InChI=1S/C15H13Br2N5O/c1-21-14(13(17)7-18-21)15(23)20-12-4-2-3-10(5-12)8-22-9-11(16)6-19-22/h2-7,9H,8H2,1H3,(H,20,23). The fraction of sp³-hybridized carbons (Fsp3) is 0.133. The summed E-state index contributed by atoms with van der Waals surface area (Å²) < 4.78 is 4.95. The molecule has 0 atom stereocenters. The van der Waals surface area contributed by atoms with Gasteiger partial charge >= 0.3 is 0 Å². The molecule has 0 saturated heterocycles. The molecule has 1 N–H and O–H groups in total. The van der Waals surface area contributed by atoms with Gasteiger partial charge in [-0.25, -0.2) is 0 Å². The Balaban J connectivity index is 1.76. The van der Waals surface area contributed by atoms with Crippen LogP contribution in [-0.4, -0.2) is 25.5 Å². The molecule has 2 aromatic heterocycles. The lowest BCUT2D eigenvalue weighted by atomic mass is 10.2. The number of amides is 1. The van der Waals surface area contributed by atoms with Crippen LogP contribution in [0.25, 0.3) is 0 Å². The SMILES string of the molecule is Cn1ncc(Br)c1C(=O)Nc1cccc(Cn2cc(Br)cn2)c1. The largest absolute Gasteiger partial charge is 0.321 e. The molecule has 3 aromatic rings. The highest BCUT2D eigenvalue weighted by molar-refractivity contribution is 9.10. The van der Waals surface area contributed by atoms with Gasteiger partial charge in [0.1, 0.15) is 5.69 Å². The summed E-state index contributed by atoms with van der Waals surface area (Å²) in [6.45, 7) is 0.630. The van der Waals surface area contributed by atoms with Crippen molar-refractivity contribution in [2.75, 3.05) is 5.32 Å². The molecular formula is C15H13Br2N5O. The molecule has 0 spiro atoms. The Kier molecular flexibility index (Phi) is 4.63. The minimum Gasteiger partial charge on any atom is -0.321 e. The summed E-state index contributed by atoms with van der Waals surface area (Å²) in [5, 5.41) is 11.2. The molecule has 1 amide bonds. The predicted molar refractivity (Wildman–Crippen MR) is 94.3 cm³/mol. The van der Waals surface area contributed by atoms with Gasteiger partial charge in [-0.3, -0.25) is 14.2 Å². The zero-order valence-corrected chi connectivity index (χ0v) is 15.4. The predicted octanol–water partition coefficient (Wildman–Crippen LogP) is 3.44. The van der Waals surface area contributed by atoms with E-state index in [-0.39, 0.29) is 5.91 Å². The number of anilines is 1. The third-order valence-electron chi connectivity index (χ3n) is 3.24. The second-order valence-corrected chi connectivity index (χ2v) is 6.75. The smallest absolute Gasteiger partial charge is 0.275 e. The first kappa shape index (κ1) is 15.9. The maximum absolute atomic E-state index is 12.4. The van der Waals surface area contributed by atoms with Gasteiger partial charge in [-0.2, -0.15) is 10.2 Å². The molecular weight excluding hydrogens is 426 g/mol. The number of hydrogen-bond donors (Lipinski definition) is 1.